The van der Waals surface area contributed by atoms with E-state index in [1.807, 2.05) is 0 Å². The summed E-state index contributed by atoms with van der Waals surface area (Å²) in [6.45, 7) is 1.47. The molecule has 1 saturated heterocycles. The van der Waals surface area contributed by atoms with Crippen molar-refractivity contribution in [2.75, 3.05) is 31.6 Å². The Morgan fingerprint density at radius 2 is 2.11 bits per heavy atom. The molecule has 0 radical (unpaired) electrons. The number of hydrogen-bond acceptors (Lipinski definition) is 3. The molecular formula is C14H19FN2O2. The molecule has 1 fully saturated rings. The number of halogens is 1. The van der Waals surface area contributed by atoms with E-state index in [0.717, 1.165) is 25.9 Å². The standard InChI is InChI=1S/C14H19FN2O2/c1-16(9-13(19)17-7-2-3-8-17)14-11(10-18)5-4-6-12(14)15/h4-6,18H,2-3,7-10H2,1H3. The van der Waals surface area contributed by atoms with Crippen LogP contribution in [0.2, 0.25) is 0 Å². The molecule has 0 spiro atoms. The molecule has 0 aliphatic carbocycles. The topological polar surface area (TPSA) is 43.8 Å². The Morgan fingerprint density at radius 3 is 2.74 bits per heavy atom. The maximum Gasteiger partial charge on any atom is 0.242 e. The van der Waals surface area contributed by atoms with E-state index in [9.17, 15) is 14.3 Å². The molecule has 19 heavy (non-hydrogen) atoms. The Morgan fingerprint density at radius 1 is 1.42 bits per heavy atom. The SMILES string of the molecule is CN(CC(=O)N1CCCC1)c1c(F)cccc1CO. The normalized spacial score (nSPS) is 14.8. The smallest absolute Gasteiger partial charge is 0.242 e. The molecule has 104 valence electrons. The molecule has 5 heteroatoms. The maximum absolute atomic E-state index is 13.8. The predicted molar refractivity (Wildman–Crippen MR) is 71.4 cm³/mol. The number of rotatable bonds is 4. The van der Waals surface area contributed by atoms with Gasteiger partial charge in [-0.2, -0.15) is 0 Å². The van der Waals surface area contributed by atoms with Gasteiger partial charge in [0, 0.05) is 25.7 Å². The zero-order valence-corrected chi connectivity index (χ0v) is 11.1. The highest BCUT2D eigenvalue weighted by molar-refractivity contribution is 5.82. The molecule has 0 saturated carbocycles. The second-order valence-electron chi connectivity index (χ2n) is 4.85. The molecule has 4 nitrogen and oxygen atoms in total. The van der Waals surface area contributed by atoms with Crippen LogP contribution >= 0.6 is 0 Å². The zero-order valence-electron chi connectivity index (χ0n) is 11.1. The lowest BCUT2D eigenvalue weighted by Crippen LogP contribution is -2.37. The molecule has 1 aromatic rings. The second-order valence-corrected chi connectivity index (χ2v) is 4.85. The molecule has 1 aliphatic rings. The average molecular weight is 266 g/mol. The third kappa shape index (κ3) is 3.04. The van der Waals surface area contributed by atoms with E-state index in [-0.39, 0.29) is 19.1 Å². The fourth-order valence-corrected chi connectivity index (χ4v) is 2.46. The molecule has 1 N–H and O–H groups in total. The van der Waals surface area contributed by atoms with Crippen LogP contribution in [-0.4, -0.2) is 42.6 Å². The maximum atomic E-state index is 13.8. The molecule has 0 bridgehead atoms. The van der Waals surface area contributed by atoms with Gasteiger partial charge in [0.1, 0.15) is 5.82 Å². The summed E-state index contributed by atoms with van der Waals surface area (Å²) in [6, 6.07) is 4.56. The summed E-state index contributed by atoms with van der Waals surface area (Å²) in [7, 11) is 1.67. The lowest BCUT2D eigenvalue weighted by Gasteiger charge is -2.24. The lowest BCUT2D eigenvalue weighted by atomic mass is 10.1. The Hall–Kier alpha value is -1.62. The van der Waals surface area contributed by atoms with E-state index in [2.05, 4.69) is 0 Å². The third-order valence-electron chi connectivity index (χ3n) is 3.45. The summed E-state index contributed by atoms with van der Waals surface area (Å²) in [5.74, 6) is -0.407. The fraction of sp³-hybridized carbons (Fsp3) is 0.500. The highest BCUT2D eigenvalue weighted by atomic mass is 19.1. The molecule has 1 heterocycles. The molecule has 0 aromatic heterocycles. The fourth-order valence-electron chi connectivity index (χ4n) is 2.46. The number of carbonyl (C=O) groups is 1. The van der Waals surface area contributed by atoms with Gasteiger partial charge < -0.3 is 14.9 Å². The van der Waals surface area contributed by atoms with Crippen molar-refractivity contribution in [2.24, 2.45) is 0 Å². The minimum atomic E-state index is -0.414. The van der Waals surface area contributed by atoms with Gasteiger partial charge in [-0.15, -0.1) is 0 Å². The molecular weight excluding hydrogens is 247 g/mol. The van der Waals surface area contributed by atoms with Crippen molar-refractivity contribution in [1.29, 1.82) is 0 Å². The van der Waals surface area contributed by atoms with Crippen LogP contribution in [0.4, 0.5) is 10.1 Å². The van der Waals surface area contributed by atoms with Crippen molar-refractivity contribution in [3.05, 3.63) is 29.6 Å². The average Bonchev–Trinajstić information content (AvgIpc) is 2.92. The van der Waals surface area contributed by atoms with Gasteiger partial charge in [0.25, 0.3) is 0 Å². The van der Waals surface area contributed by atoms with Crippen molar-refractivity contribution in [3.63, 3.8) is 0 Å². The van der Waals surface area contributed by atoms with Crippen molar-refractivity contribution in [3.8, 4) is 0 Å². The predicted octanol–water partition coefficient (Wildman–Crippen LogP) is 1.38. The summed E-state index contributed by atoms with van der Waals surface area (Å²) in [5.41, 5.74) is 0.800. The van der Waals surface area contributed by atoms with Gasteiger partial charge in [0.2, 0.25) is 5.91 Å². The van der Waals surface area contributed by atoms with Crippen LogP contribution in [0.3, 0.4) is 0 Å². The van der Waals surface area contributed by atoms with E-state index in [1.165, 1.54) is 6.07 Å². The zero-order chi connectivity index (χ0) is 13.8. The Labute approximate surface area is 112 Å². The molecule has 1 aliphatic heterocycles. The van der Waals surface area contributed by atoms with E-state index in [4.69, 9.17) is 0 Å². The second kappa shape index (κ2) is 6.02. The van der Waals surface area contributed by atoms with E-state index in [1.54, 1.807) is 29.0 Å². The summed E-state index contributed by atoms with van der Waals surface area (Å²) in [4.78, 5) is 15.4. The lowest BCUT2D eigenvalue weighted by molar-refractivity contribution is -0.128. The number of benzene rings is 1. The van der Waals surface area contributed by atoms with Crippen LogP contribution in [0.1, 0.15) is 18.4 Å². The number of nitrogens with zero attached hydrogens (tertiary/aromatic N) is 2. The molecule has 1 aromatic carbocycles. The van der Waals surface area contributed by atoms with Crippen molar-refractivity contribution in [2.45, 2.75) is 19.4 Å². The monoisotopic (exact) mass is 266 g/mol. The molecule has 1 amide bonds. The third-order valence-corrected chi connectivity index (χ3v) is 3.45. The van der Waals surface area contributed by atoms with E-state index >= 15 is 0 Å². The summed E-state index contributed by atoms with van der Waals surface area (Å²) >= 11 is 0. The molecule has 0 unspecified atom stereocenters. The van der Waals surface area contributed by atoms with Gasteiger partial charge in [-0.25, -0.2) is 4.39 Å². The number of likely N-dealkylation sites (N-methyl/N-ethyl adjacent to an activating group) is 1. The first kappa shape index (κ1) is 13.8. The van der Waals surface area contributed by atoms with Crippen LogP contribution < -0.4 is 4.90 Å². The number of hydrogen-bond donors (Lipinski definition) is 1. The Bertz CT molecular complexity index is 459. The highest BCUT2D eigenvalue weighted by Crippen LogP contribution is 2.23. The van der Waals surface area contributed by atoms with Crippen molar-refractivity contribution < 1.29 is 14.3 Å². The number of likely N-dealkylation sites (tertiary alicyclic amines) is 1. The van der Waals surface area contributed by atoms with Crippen molar-refractivity contribution in [1.82, 2.24) is 4.90 Å². The van der Waals surface area contributed by atoms with E-state index in [0.29, 0.717) is 11.3 Å². The quantitative estimate of drug-likeness (QED) is 0.895. The van der Waals surface area contributed by atoms with Crippen LogP contribution in [0.5, 0.6) is 0 Å². The first-order valence-electron chi connectivity index (χ1n) is 6.50. The van der Waals surface area contributed by atoms with Gasteiger partial charge in [-0.05, 0) is 18.9 Å². The highest BCUT2D eigenvalue weighted by Gasteiger charge is 2.21. The molecule has 0 atom stereocenters. The summed E-state index contributed by atoms with van der Waals surface area (Å²) in [6.07, 6.45) is 2.08. The minimum Gasteiger partial charge on any atom is -0.392 e. The minimum absolute atomic E-state index is 0.00661. The van der Waals surface area contributed by atoms with Crippen LogP contribution in [-0.2, 0) is 11.4 Å². The summed E-state index contributed by atoms with van der Waals surface area (Å²) in [5, 5.41) is 9.25. The van der Waals surface area contributed by atoms with Crippen LogP contribution in [0.25, 0.3) is 0 Å². The Kier molecular flexibility index (Phi) is 4.37. The van der Waals surface area contributed by atoms with Crippen LogP contribution in [0.15, 0.2) is 18.2 Å². The van der Waals surface area contributed by atoms with Gasteiger partial charge >= 0.3 is 0 Å². The van der Waals surface area contributed by atoms with Gasteiger partial charge in [0.15, 0.2) is 0 Å². The van der Waals surface area contributed by atoms with Gasteiger partial charge in [-0.3, -0.25) is 4.79 Å². The number of carbonyl (C=O) groups excluding carboxylic acids is 1. The number of para-hydroxylation sites is 1. The first-order chi connectivity index (χ1) is 9.13. The van der Waals surface area contributed by atoms with E-state index < -0.39 is 5.82 Å². The molecule has 2 rings (SSSR count). The summed E-state index contributed by atoms with van der Waals surface area (Å²) < 4.78 is 13.8. The van der Waals surface area contributed by atoms with Gasteiger partial charge in [-0.1, -0.05) is 12.1 Å². The number of anilines is 1. The number of aliphatic hydroxyl groups is 1. The Balaban J connectivity index is 2.11. The van der Waals surface area contributed by atoms with Crippen molar-refractivity contribution >= 4 is 11.6 Å². The number of amides is 1. The van der Waals surface area contributed by atoms with Crippen LogP contribution in [0, 0.1) is 5.82 Å². The first-order valence-corrected chi connectivity index (χ1v) is 6.50. The largest absolute Gasteiger partial charge is 0.392 e. The number of aliphatic hydroxyl groups excluding tert-OH is 1. The van der Waals surface area contributed by atoms with Gasteiger partial charge in [0.05, 0.1) is 18.8 Å².